The molecule has 1 aliphatic rings. The lowest BCUT2D eigenvalue weighted by atomic mass is 9.93. The van der Waals surface area contributed by atoms with Crippen LogP contribution in [-0.4, -0.2) is 44.6 Å². The fourth-order valence-electron chi connectivity index (χ4n) is 4.80. The van der Waals surface area contributed by atoms with Crippen molar-refractivity contribution < 1.29 is 24.2 Å². The van der Waals surface area contributed by atoms with Gasteiger partial charge in [0, 0.05) is 37.1 Å². The zero-order valence-electron chi connectivity index (χ0n) is 23.4. The largest absolute Gasteiger partial charge is 0.507 e. The van der Waals surface area contributed by atoms with E-state index >= 15 is 0 Å². The molecule has 1 aliphatic heterocycles. The minimum atomic E-state index is -0.827. The van der Waals surface area contributed by atoms with Gasteiger partial charge < -0.3 is 19.5 Å². The molecule has 7 heteroatoms. The van der Waals surface area contributed by atoms with Crippen LogP contribution in [0.1, 0.15) is 55.8 Å². The number of Topliss-reactive ketones (excluding diaryl/α,β-unsaturated/α-hetero) is 1. The van der Waals surface area contributed by atoms with Crippen LogP contribution < -0.4 is 19.3 Å². The van der Waals surface area contributed by atoms with Crippen LogP contribution in [-0.2, 0) is 9.59 Å². The summed E-state index contributed by atoms with van der Waals surface area (Å²) in [6.45, 7) is 6.61. The lowest BCUT2D eigenvalue weighted by Gasteiger charge is -2.26. The molecular formula is C32H36N2O5. The molecule has 1 unspecified atom stereocenters. The van der Waals surface area contributed by atoms with Crippen LogP contribution in [0.15, 0.2) is 72.3 Å². The number of nitrogens with zero attached hydrogens (tertiary/aromatic N) is 2. The molecule has 3 aromatic carbocycles. The summed E-state index contributed by atoms with van der Waals surface area (Å²) in [7, 11) is 5.49. The molecule has 0 saturated carbocycles. The molecule has 3 aromatic rings. The van der Waals surface area contributed by atoms with Crippen molar-refractivity contribution >= 4 is 28.8 Å². The Labute approximate surface area is 230 Å². The maximum Gasteiger partial charge on any atom is 0.300 e. The standard InChI is InChI=1S/C32H36N2O5/c1-7-17-39-25-10-8-9-24(19-25)34-29(21-11-14-23(15-12-21)33(4)5)28(31(36)32(34)37)30(35)22-13-16-27(38-6)26(18-22)20(2)3/h8-16,18-20,29,35H,7,17H2,1-6H3/b30-28-. The fraction of sp³-hybridized carbons (Fsp3) is 0.312. The second kappa shape index (κ2) is 11.6. The van der Waals surface area contributed by atoms with Gasteiger partial charge in [0.25, 0.3) is 11.7 Å². The van der Waals surface area contributed by atoms with Crippen molar-refractivity contribution in [2.24, 2.45) is 0 Å². The van der Waals surface area contributed by atoms with Crippen LogP contribution in [0.2, 0.25) is 0 Å². The van der Waals surface area contributed by atoms with Crippen LogP contribution >= 0.6 is 0 Å². The van der Waals surface area contributed by atoms with E-state index in [2.05, 4.69) is 0 Å². The number of aliphatic hydroxyl groups is 1. The molecular weight excluding hydrogens is 492 g/mol. The Morgan fingerprint density at radius 1 is 1.03 bits per heavy atom. The first-order valence-corrected chi connectivity index (χ1v) is 13.2. The van der Waals surface area contributed by atoms with Gasteiger partial charge in [-0.3, -0.25) is 14.5 Å². The number of amides is 1. The van der Waals surface area contributed by atoms with Crippen LogP contribution in [0, 0.1) is 0 Å². The van der Waals surface area contributed by atoms with E-state index in [-0.39, 0.29) is 17.3 Å². The molecule has 1 amide bonds. The highest BCUT2D eigenvalue weighted by molar-refractivity contribution is 6.51. The van der Waals surface area contributed by atoms with Crippen molar-refractivity contribution in [2.45, 2.75) is 39.2 Å². The highest BCUT2D eigenvalue weighted by atomic mass is 16.5. The number of hydrogen-bond donors (Lipinski definition) is 1. The first kappa shape index (κ1) is 27.8. The molecule has 1 N–H and O–H groups in total. The molecule has 0 radical (unpaired) electrons. The zero-order chi connectivity index (χ0) is 28.3. The Kier molecular flexibility index (Phi) is 8.29. The molecule has 7 nitrogen and oxygen atoms in total. The molecule has 1 atom stereocenters. The number of ketones is 1. The monoisotopic (exact) mass is 528 g/mol. The minimum Gasteiger partial charge on any atom is -0.507 e. The predicted octanol–water partition coefficient (Wildman–Crippen LogP) is 6.30. The van der Waals surface area contributed by atoms with Crippen molar-refractivity contribution in [2.75, 3.05) is 37.6 Å². The number of aliphatic hydroxyl groups excluding tert-OH is 1. The third-order valence-electron chi connectivity index (χ3n) is 6.86. The summed E-state index contributed by atoms with van der Waals surface area (Å²) in [6, 6.07) is 19.3. The first-order valence-electron chi connectivity index (χ1n) is 13.2. The van der Waals surface area contributed by atoms with Gasteiger partial charge in [-0.05, 0) is 65.9 Å². The summed E-state index contributed by atoms with van der Waals surface area (Å²) < 4.78 is 11.3. The minimum absolute atomic E-state index is 0.0392. The van der Waals surface area contributed by atoms with E-state index in [9.17, 15) is 14.7 Å². The number of rotatable bonds is 9. The maximum absolute atomic E-state index is 13.6. The number of anilines is 2. The third kappa shape index (κ3) is 5.48. The van der Waals surface area contributed by atoms with Gasteiger partial charge in [0.05, 0.1) is 25.3 Å². The van der Waals surface area contributed by atoms with Gasteiger partial charge in [-0.1, -0.05) is 39.0 Å². The average molecular weight is 529 g/mol. The van der Waals surface area contributed by atoms with Crippen molar-refractivity contribution in [1.82, 2.24) is 0 Å². The Morgan fingerprint density at radius 3 is 2.36 bits per heavy atom. The number of hydrogen-bond acceptors (Lipinski definition) is 6. The van der Waals surface area contributed by atoms with Gasteiger partial charge in [-0.15, -0.1) is 0 Å². The number of methoxy groups -OCH3 is 1. The van der Waals surface area contributed by atoms with Crippen LogP contribution in [0.4, 0.5) is 11.4 Å². The molecule has 1 fully saturated rings. The molecule has 1 saturated heterocycles. The predicted molar refractivity (Wildman–Crippen MR) is 155 cm³/mol. The maximum atomic E-state index is 13.6. The van der Waals surface area contributed by atoms with Gasteiger partial charge >= 0.3 is 0 Å². The van der Waals surface area contributed by atoms with E-state index in [4.69, 9.17) is 9.47 Å². The van der Waals surface area contributed by atoms with E-state index in [0.717, 1.165) is 17.7 Å². The Morgan fingerprint density at radius 2 is 1.74 bits per heavy atom. The topological polar surface area (TPSA) is 79.3 Å². The number of carbonyl (C=O) groups excluding carboxylic acids is 2. The highest BCUT2D eigenvalue weighted by Gasteiger charge is 2.47. The number of benzene rings is 3. The van der Waals surface area contributed by atoms with Gasteiger partial charge in [0.15, 0.2) is 0 Å². The SMILES string of the molecule is CCCOc1cccc(N2C(=O)C(=O)/C(=C(\O)c3ccc(OC)c(C(C)C)c3)C2c2ccc(N(C)C)cc2)c1. The molecule has 0 aliphatic carbocycles. The number of carbonyl (C=O) groups is 2. The molecule has 0 spiro atoms. The smallest absolute Gasteiger partial charge is 0.300 e. The molecule has 0 aromatic heterocycles. The summed E-state index contributed by atoms with van der Waals surface area (Å²) in [6.07, 6.45) is 0.840. The van der Waals surface area contributed by atoms with Crippen LogP contribution in [0.3, 0.4) is 0 Å². The van der Waals surface area contributed by atoms with Crippen LogP contribution in [0.25, 0.3) is 5.76 Å². The number of ether oxygens (including phenoxy) is 2. The Hall–Kier alpha value is -4.26. The van der Waals surface area contributed by atoms with Crippen molar-refractivity contribution in [1.29, 1.82) is 0 Å². The Balaban J connectivity index is 1.91. The van der Waals surface area contributed by atoms with Crippen molar-refractivity contribution in [3.63, 3.8) is 0 Å². The van der Waals surface area contributed by atoms with Gasteiger partial charge in [-0.25, -0.2) is 0 Å². The van der Waals surface area contributed by atoms with E-state index in [1.54, 1.807) is 37.4 Å². The lowest BCUT2D eigenvalue weighted by Crippen LogP contribution is -2.29. The molecule has 4 rings (SSSR count). The molecule has 39 heavy (non-hydrogen) atoms. The van der Waals surface area contributed by atoms with Crippen molar-refractivity contribution in [3.05, 3.63) is 89.0 Å². The van der Waals surface area contributed by atoms with Gasteiger partial charge in [0.2, 0.25) is 0 Å². The first-order chi connectivity index (χ1) is 18.7. The summed E-state index contributed by atoms with van der Waals surface area (Å²) in [5.74, 6) is -0.244. The second-order valence-corrected chi connectivity index (χ2v) is 10.1. The quantitative estimate of drug-likeness (QED) is 0.200. The van der Waals surface area contributed by atoms with E-state index in [1.165, 1.54) is 4.90 Å². The summed E-state index contributed by atoms with van der Waals surface area (Å²) in [4.78, 5) is 30.6. The third-order valence-corrected chi connectivity index (χ3v) is 6.86. The van der Waals surface area contributed by atoms with E-state index < -0.39 is 17.7 Å². The Bertz CT molecular complexity index is 1390. The fourth-order valence-corrected chi connectivity index (χ4v) is 4.80. The van der Waals surface area contributed by atoms with Gasteiger partial charge in [-0.2, -0.15) is 0 Å². The normalized spacial score (nSPS) is 16.6. The lowest BCUT2D eigenvalue weighted by molar-refractivity contribution is -0.132. The molecule has 1 heterocycles. The molecule has 204 valence electrons. The highest BCUT2D eigenvalue weighted by Crippen LogP contribution is 2.43. The summed E-state index contributed by atoms with van der Waals surface area (Å²) in [5.41, 5.74) is 3.58. The van der Waals surface area contributed by atoms with E-state index in [0.29, 0.717) is 34.9 Å². The molecule has 0 bridgehead atoms. The summed E-state index contributed by atoms with van der Waals surface area (Å²) >= 11 is 0. The average Bonchev–Trinajstić information content (AvgIpc) is 3.21. The van der Waals surface area contributed by atoms with Crippen LogP contribution in [0.5, 0.6) is 11.5 Å². The van der Waals surface area contributed by atoms with Crippen molar-refractivity contribution in [3.8, 4) is 11.5 Å². The van der Waals surface area contributed by atoms with Gasteiger partial charge in [0.1, 0.15) is 17.3 Å². The van der Waals surface area contributed by atoms with E-state index in [1.807, 2.05) is 76.2 Å². The zero-order valence-corrected chi connectivity index (χ0v) is 23.4. The summed E-state index contributed by atoms with van der Waals surface area (Å²) in [5, 5.41) is 11.6. The second-order valence-electron chi connectivity index (χ2n) is 10.1.